The fourth-order valence-electron chi connectivity index (χ4n) is 1.02. The molecule has 0 heterocycles. The van der Waals surface area contributed by atoms with Crippen LogP contribution in [0.25, 0.3) is 0 Å². The van der Waals surface area contributed by atoms with Crippen LogP contribution in [0.2, 0.25) is 0 Å². The molecule has 0 spiro atoms. The molecule has 2 N–H and O–H groups in total. The SMILES string of the molecule is COC(=O)CN(C(=O)N[C@H](C)C(=O)O)C(C)C. The number of methoxy groups -OCH3 is 1. The zero-order valence-electron chi connectivity index (χ0n) is 10.4. The lowest BCUT2D eigenvalue weighted by atomic mass is 10.3. The van der Waals surface area contributed by atoms with Gasteiger partial charge in [0.1, 0.15) is 12.6 Å². The van der Waals surface area contributed by atoms with E-state index >= 15 is 0 Å². The Kier molecular flexibility index (Phi) is 6.01. The van der Waals surface area contributed by atoms with E-state index in [0.29, 0.717) is 0 Å². The summed E-state index contributed by atoms with van der Waals surface area (Å²) in [7, 11) is 1.22. The van der Waals surface area contributed by atoms with Gasteiger partial charge in [-0.1, -0.05) is 0 Å². The van der Waals surface area contributed by atoms with Crippen LogP contribution in [0.1, 0.15) is 20.8 Å². The molecule has 7 nitrogen and oxygen atoms in total. The van der Waals surface area contributed by atoms with Crippen molar-refractivity contribution in [1.29, 1.82) is 0 Å². The first-order valence-corrected chi connectivity index (χ1v) is 5.16. The second kappa shape index (κ2) is 6.72. The minimum atomic E-state index is -1.14. The highest BCUT2D eigenvalue weighted by Gasteiger charge is 2.23. The van der Waals surface area contributed by atoms with E-state index in [1.54, 1.807) is 13.8 Å². The van der Waals surface area contributed by atoms with Gasteiger partial charge in [-0.05, 0) is 20.8 Å². The molecule has 0 aromatic rings. The summed E-state index contributed by atoms with van der Waals surface area (Å²) in [6, 6.07) is -1.86. The lowest BCUT2D eigenvalue weighted by molar-refractivity contribution is -0.141. The summed E-state index contributed by atoms with van der Waals surface area (Å²) in [5.74, 6) is -1.70. The van der Waals surface area contributed by atoms with Crippen LogP contribution in [-0.2, 0) is 14.3 Å². The van der Waals surface area contributed by atoms with E-state index in [1.807, 2.05) is 0 Å². The number of carbonyl (C=O) groups is 3. The standard InChI is InChI=1S/C10H18N2O5/c1-6(2)12(5-8(13)17-4)10(16)11-7(3)9(14)15/h6-7H,5H2,1-4H3,(H,11,16)(H,14,15)/t7-/m1/s1. The Morgan fingerprint density at radius 3 is 2.18 bits per heavy atom. The fourth-order valence-corrected chi connectivity index (χ4v) is 1.02. The molecule has 0 aromatic heterocycles. The van der Waals surface area contributed by atoms with Gasteiger partial charge in [-0.15, -0.1) is 0 Å². The zero-order chi connectivity index (χ0) is 13.6. The molecule has 0 aliphatic heterocycles. The summed E-state index contributed by atoms with van der Waals surface area (Å²) in [6.07, 6.45) is 0. The van der Waals surface area contributed by atoms with Crippen LogP contribution >= 0.6 is 0 Å². The van der Waals surface area contributed by atoms with Crippen molar-refractivity contribution in [3.63, 3.8) is 0 Å². The Morgan fingerprint density at radius 1 is 1.29 bits per heavy atom. The maximum absolute atomic E-state index is 11.7. The van der Waals surface area contributed by atoms with Gasteiger partial charge in [-0.25, -0.2) is 4.79 Å². The minimum absolute atomic E-state index is 0.216. The number of aliphatic carboxylic acids is 1. The Bertz CT molecular complexity index is 303. The number of hydrogen-bond donors (Lipinski definition) is 2. The topological polar surface area (TPSA) is 95.9 Å². The maximum atomic E-state index is 11.7. The van der Waals surface area contributed by atoms with Gasteiger partial charge >= 0.3 is 18.0 Å². The molecule has 0 saturated heterocycles. The van der Waals surface area contributed by atoms with Gasteiger partial charge in [0.25, 0.3) is 0 Å². The van der Waals surface area contributed by atoms with Crippen molar-refractivity contribution in [2.45, 2.75) is 32.9 Å². The molecular formula is C10H18N2O5. The summed E-state index contributed by atoms with van der Waals surface area (Å²) >= 11 is 0. The van der Waals surface area contributed by atoms with Gasteiger partial charge in [0.05, 0.1) is 7.11 Å². The number of nitrogens with one attached hydrogen (secondary N) is 1. The van der Waals surface area contributed by atoms with Crippen LogP contribution in [0.15, 0.2) is 0 Å². The minimum Gasteiger partial charge on any atom is -0.480 e. The van der Waals surface area contributed by atoms with Crippen LogP contribution in [-0.4, -0.2) is 53.7 Å². The molecule has 1 atom stereocenters. The first kappa shape index (κ1) is 15.2. The van der Waals surface area contributed by atoms with Gasteiger partial charge in [0.2, 0.25) is 0 Å². The molecular weight excluding hydrogens is 228 g/mol. The molecule has 0 saturated carbocycles. The van der Waals surface area contributed by atoms with Crippen molar-refractivity contribution < 1.29 is 24.2 Å². The Hall–Kier alpha value is -1.79. The fraction of sp³-hybridized carbons (Fsp3) is 0.700. The number of carboxylic acids is 1. The van der Waals surface area contributed by atoms with E-state index in [9.17, 15) is 14.4 Å². The van der Waals surface area contributed by atoms with Crippen LogP contribution in [0.3, 0.4) is 0 Å². The molecule has 0 rings (SSSR count). The monoisotopic (exact) mass is 246 g/mol. The number of urea groups is 1. The quantitative estimate of drug-likeness (QED) is 0.668. The van der Waals surface area contributed by atoms with Crippen LogP contribution in [0, 0.1) is 0 Å². The lowest BCUT2D eigenvalue weighted by Crippen LogP contribution is -2.50. The second-order valence-electron chi connectivity index (χ2n) is 3.81. The normalized spacial score (nSPS) is 11.8. The van der Waals surface area contributed by atoms with Crippen LogP contribution < -0.4 is 5.32 Å². The largest absolute Gasteiger partial charge is 0.480 e. The summed E-state index contributed by atoms with van der Waals surface area (Å²) in [5, 5.41) is 10.9. The van der Waals surface area contributed by atoms with Gasteiger partial charge in [0.15, 0.2) is 0 Å². The van der Waals surface area contributed by atoms with Crippen molar-refractivity contribution in [3.8, 4) is 0 Å². The van der Waals surface area contributed by atoms with Gasteiger partial charge in [0, 0.05) is 6.04 Å². The smallest absolute Gasteiger partial charge is 0.325 e. The number of ether oxygens (including phenoxy) is 1. The van der Waals surface area contributed by atoms with Crippen molar-refractivity contribution in [2.75, 3.05) is 13.7 Å². The average molecular weight is 246 g/mol. The van der Waals surface area contributed by atoms with Crippen molar-refractivity contribution >= 4 is 18.0 Å². The zero-order valence-corrected chi connectivity index (χ0v) is 10.4. The molecule has 0 aromatic carbocycles. The van der Waals surface area contributed by atoms with E-state index < -0.39 is 24.0 Å². The van der Waals surface area contributed by atoms with E-state index in [1.165, 1.54) is 18.9 Å². The number of nitrogens with zero attached hydrogens (tertiary/aromatic N) is 1. The summed E-state index contributed by atoms with van der Waals surface area (Å²) in [4.78, 5) is 34.6. The molecule has 0 aliphatic carbocycles. The molecule has 0 aliphatic rings. The predicted octanol–water partition coefficient (Wildman–Crippen LogP) is 0.0525. The maximum Gasteiger partial charge on any atom is 0.325 e. The number of hydrogen-bond acceptors (Lipinski definition) is 4. The molecule has 0 unspecified atom stereocenters. The lowest BCUT2D eigenvalue weighted by Gasteiger charge is -2.26. The third-order valence-corrected chi connectivity index (χ3v) is 2.12. The second-order valence-corrected chi connectivity index (χ2v) is 3.81. The number of amides is 2. The van der Waals surface area contributed by atoms with Crippen LogP contribution in [0.4, 0.5) is 4.79 Å². The summed E-state index contributed by atoms with van der Waals surface area (Å²) in [5.41, 5.74) is 0. The van der Waals surface area contributed by atoms with E-state index in [0.717, 1.165) is 0 Å². The van der Waals surface area contributed by atoms with Gasteiger partial charge in [-0.3, -0.25) is 9.59 Å². The van der Waals surface area contributed by atoms with Crippen molar-refractivity contribution in [2.24, 2.45) is 0 Å². The highest BCUT2D eigenvalue weighted by Crippen LogP contribution is 2.00. The molecule has 7 heteroatoms. The third kappa shape index (κ3) is 5.19. The Labute approximate surface area is 99.7 Å². The van der Waals surface area contributed by atoms with E-state index in [2.05, 4.69) is 10.1 Å². The molecule has 0 radical (unpaired) electrons. The Balaban J connectivity index is 4.55. The molecule has 98 valence electrons. The first-order valence-electron chi connectivity index (χ1n) is 5.16. The Morgan fingerprint density at radius 2 is 1.82 bits per heavy atom. The molecule has 0 fully saturated rings. The molecule has 17 heavy (non-hydrogen) atoms. The van der Waals surface area contributed by atoms with Gasteiger partial charge < -0.3 is 20.1 Å². The van der Waals surface area contributed by atoms with Gasteiger partial charge in [-0.2, -0.15) is 0 Å². The number of carbonyl (C=O) groups excluding carboxylic acids is 2. The number of rotatable bonds is 5. The summed E-state index contributed by atoms with van der Waals surface area (Å²) in [6.45, 7) is 4.56. The summed E-state index contributed by atoms with van der Waals surface area (Å²) < 4.78 is 4.46. The highest BCUT2D eigenvalue weighted by molar-refractivity contribution is 5.85. The van der Waals surface area contributed by atoms with E-state index in [-0.39, 0.29) is 12.6 Å². The van der Waals surface area contributed by atoms with Crippen molar-refractivity contribution in [1.82, 2.24) is 10.2 Å². The third-order valence-electron chi connectivity index (χ3n) is 2.12. The average Bonchev–Trinajstić information content (AvgIpc) is 2.24. The van der Waals surface area contributed by atoms with Crippen LogP contribution in [0.5, 0.6) is 0 Å². The molecule has 2 amide bonds. The number of esters is 1. The molecule has 0 bridgehead atoms. The first-order chi connectivity index (χ1) is 7.79. The van der Waals surface area contributed by atoms with E-state index in [4.69, 9.17) is 5.11 Å². The highest BCUT2D eigenvalue weighted by atomic mass is 16.5. The van der Waals surface area contributed by atoms with Crippen molar-refractivity contribution in [3.05, 3.63) is 0 Å². The number of carboxylic acid groups (broad SMARTS) is 1. The predicted molar refractivity (Wildman–Crippen MR) is 59.5 cm³/mol.